The molecular formula is C21H21NO5. The zero-order valence-electron chi connectivity index (χ0n) is 15.1. The summed E-state index contributed by atoms with van der Waals surface area (Å²) < 4.78 is 16.0. The molecule has 1 unspecified atom stereocenters. The lowest BCUT2D eigenvalue weighted by atomic mass is 10.0. The van der Waals surface area contributed by atoms with E-state index < -0.39 is 5.97 Å². The molecule has 0 spiro atoms. The second kappa shape index (κ2) is 7.31. The van der Waals surface area contributed by atoms with Crippen molar-refractivity contribution in [2.24, 2.45) is 0 Å². The molecule has 2 aliphatic rings. The Morgan fingerprint density at radius 2 is 1.81 bits per heavy atom. The smallest absolute Gasteiger partial charge is 0.337 e. The number of carbonyl (C=O) groups is 2. The van der Waals surface area contributed by atoms with Crippen LogP contribution in [0.4, 0.5) is 0 Å². The fraction of sp³-hybridized carbons (Fsp3) is 0.333. The van der Waals surface area contributed by atoms with E-state index in [1.165, 1.54) is 7.11 Å². The average molecular weight is 367 g/mol. The number of ether oxygens (including phenoxy) is 3. The second-order valence-corrected chi connectivity index (χ2v) is 6.63. The van der Waals surface area contributed by atoms with E-state index in [1.54, 1.807) is 24.3 Å². The highest BCUT2D eigenvalue weighted by Gasteiger charge is 2.31. The maximum Gasteiger partial charge on any atom is 0.337 e. The van der Waals surface area contributed by atoms with E-state index in [0.29, 0.717) is 30.9 Å². The van der Waals surface area contributed by atoms with Gasteiger partial charge in [-0.05, 0) is 48.7 Å². The lowest BCUT2D eigenvalue weighted by Gasteiger charge is -2.27. The van der Waals surface area contributed by atoms with E-state index in [2.05, 4.69) is 0 Å². The number of methoxy groups -OCH3 is 1. The summed E-state index contributed by atoms with van der Waals surface area (Å²) in [5.74, 6) is 0.935. The Hall–Kier alpha value is -3.02. The van der Waals surface area contributed by atoms with Crippen molar-refractivity contribution in [3.05, 3.63) is 59.2 Å². The molecule has 0 aromatic heterocycles. The molecule has 6 nitrogen and oxygen atoms in total. The van der Waals surface area contributed by atoms with E-state index in [1.807, 2.05) is 23.1 Å². The van der Waals surface area contributed by atoms with Crippen molar-refractivity contribution in [1.29, 1.82) is 0 Å². The molecule has 2 heterocycles. The average Bonchev–Trinajstić information content (AvgIpc) is 3.22. The van der Waals surface area contributed by atoms with Crippen LogP contribution in [-0.4, -0.2) is 43.6 Å². The van der Waals surface area contributed by atoms with Gasteiger partial charge in [0.1, 0.15) is 13.2 Å². The number of amides is 1. The fourth-order valence-electron chi connectivity index (χ4n) is 3.69. The summed E-state index contributed by atoms with van der Waals surface area (Å²) >= 11 is 0. The molecule has 1 saturated heterocycles. The summed E-state index contributed by atoms with van der Waals surface area (Å²) in [5, 5.41) is 0. The van der Waals surface area contributed by atoms with Crippen molar-refractivity contribution in [3.8, 4) is 11.5 Å². The van der Waals surface area contributed by atoms with E-state index >= 15 is 0 Å². The zero-order chi connectivity index (χ0) is 18.8. The van der Waals surface area contributed by atoms with Crippen molar-refractivity contribution in [2.75, 3.05) is 26.9 Å². The zero-order valence-corrected chi connectivity index (χ0v) is 15.1. The van der Waals surface area contributed by atoms with Crippen molar-refractivity contribution < 1.29 is 23.8 Å². The van der Waals surface area contributed by atoms with Gasteiger partial charge in [-0.1, -0.05) is 12.1 Å². The highest BCUT2D eigenvalue weighted by atomic mass is 16.6. The van der Waals surface area contributed by atoms with Crippen LogP contribution in [-0.2, 0) is 4.74 Å². The molecule has 2 aromatic rings. The van der Waals surface area contributed by atoms with Crippen LogP contribution in [0.5, 0.6) is 11.5 Å². The Morgan fingerprint density at radius 1 is 1.04 bits per heavy atom. The molecule has 2 aromatic carbocycles. The first-order chi connectivity index (χ1) is 13.2. The number of hydrogen-bond acceptors (Lipinski definition) is 5. The van der Waals surface area contributed by atoms with Crippen LogP contribution in [0.15, 0.2) is 42.5 Å². The number of carbonyl (C=O) groups excluding carboxylic acids is 2. The maximum absolute atomic E-state index is 13.1. The first-order valence-electron chi connectivity index (χ1n) is 9.06. The summed E-state index contributed by atoms with van der Waals surface area (Å²) in [6.07, 6.45) is 1.82. The number of hydrogen-bond donors (Lipinski definition) is 0. The Kier molecular flexibility index (Phi) is 4.71. The van der Waals surface area contributed by atoms with Crippen LogP contribution in [0.25, 0.3) is 0 Å². The minimum atomic E-state index is -0.450. The Balaban J connectivity index is 1.60. The van der Waals surface area contributed by atoms with Crippen LogP contribution in [0.1, 0.15) is 45.2 Å². The van der Waals surface area contributed by atoms with Gasteiger partial charge >= 0.3 is 5.97 Å². The Bertz CT molecular complexity index is 879. The largest absolute Gasteiger partial charge is 0.486 e. The van der Waals surface area contributed by atoms with E-state index in [0.717, 1.165) is 29.9 Å². The Labute approximate surface area is 157 Å². The van der Waals surface area contributed by atoms with Gasteiger partial charge in [0.15, 0.2) is 11.5 Å². The molecule has 0 bridgehead atoms. The van der Waals surface area contributed by atoms with Gasteiger partial charge in [-0.2, -0.15) is 0 Å². The van der Waals surface area contributed by atoms with Gasteiger partial charge in [0.25, 0.3) is 5.91 Å². The number of likely N-dealkylation sites (tertiary alicyclic amines) is 1. The van der Waals surface area contributed by atoms with Crippen LogP contribution in [0, 0.1) is 0 Å². The molecular weight excluding hydrogens is 346 g/mol. The molecule has 0 N–H and O–H groups in total. The third kappa shape index (κ3) is 3.35. The standard InChI is InChI=1S/C21H21NO5/c1-25-21(24)16-5-2-4-15(12-16)20(23)22-9-3-6-17(22)14-7-8-18-19(13-14)27-11-10-26-18/h2,4-5,7-8,12-13,17H,3,6,9-11H2,1H3. The lowest BCUT2D eigenvalue weighted by Crippen LogP contribution is -2.30. The van der Waals surface area contributed by atoms with Crippen molar-refractivity contribution >= 4 is 11.9 Å². The highest BCUT2D eigenvalue weighted by molar-refractivity contribution is 5.98. The molecule has 1 fully saturated rings. The summed E-state index contributed by atoms with van der Waals surface area (Å²) in [6, 6.07) is 12.5. The molecule has 140 valence electrons. The van der Waals surface area contributed by atoms with E-state index in [4.69, 9.17) is 14.2 Å². The van der Waals surface area contributed by atoms with Gasteiger partial charge in [-0.15, -0.1) is 0 Å². The highest BCUT2D eigenvalue weighted by Crippen LogP contribution is 2.38. The summed E-state index contributed by atoms with van der Waals surface area (Å²) in [6.45, 7) is 1.77. The van der Waals surface area contributed by atoms with Crippen LogP contribution in [0.3, 0.4) is 0 Å². The minimum absolute atomic E-state index is 0.0184. The number of benzene rings is 2. The third-order valence-corrected chi connectivity index (χ3v) is 5.00. The van der Waals surface area contributed by atoms with Crippen LogP contribution in [0.2, 0.25) is 0 Å². The predicted molar refractivity (Wildman–Crippen MR) is 98.2 cm³/mol. The van der Waals surface area contributed by atoms with Crippen molar-refractivity contribution in [3.63, 3.8) is 0 Å². The molecule has 27 heavy (non-hydrogen) atoms. The molecule has 1 amide bonds. The SMILES string of the molecule is COC(=O)c1cccc(C(=O)N2CCCC2c2ccc3c(c2)OCCO3)c1. The van der Waals surface area contributed by atoms with Crippen molar-refractivity contribution in [1.82, 2.24) is 4.90 Å². The summed E-state index contributed by atoms with van der Waals surface area (Å²) in [7, 11) is 1.33. The molecule has 4 rings (SSSR count). The van der Waals surface area contributed by atoms with E-state index in [-0.39, 0.29) is 11.9 Å². The van der Waals surface area contributed by atoms with Gasteiger partial charge in [0.2, 0.25) is 0 Å². The number of fused-ring (bicyclic) bond motifs is 1. The maximum atomic E-state index is 13.1. The topological polar surface area (TPSA) is 65.1 Å². The molecule has 6 heteroatoms. The third-order valence-electron chi connectivity index (χ3n) is 5.00. The normalized spacial score (nSPS) is 18.3. The van der Waals surface area contributed by atoms with Gasteiger partial charge in [-0.3, -0.25) is 4.79 Å². The quantitative estimate of drug-likeness (QED) is 0.780. The first-order valence-corrected chi connectivity index (χ1v) is 9.06. The summed E-state index contributed by atoms with van der Waals surface area (Å²) in [5.41, 5.74) is 1.90. The minimum Gasteiger partial charge on any atom is -0.486 e. The molecule has 2 aliphatic heterocycles. The lowest BCUT2D eigenvalue weighted by molar-refractivity contribution is 0.0600. The monoisotopic (exact) mass is 367 g/mol. The van der Waals surface area contributed by atoms with Crippen molar-refractivity contribution in [2.45, 2.75) is 18.9 Å². The Morgan fingerprint density at radius 3 is 2.63 bits per heavy atom. The van der Waals surface area contributed by atoms with Gasteiger partial charge in [0, 0.05) is 12.1 Å². The number of rotatable bonds is 3. The molecule has 0 radical (unpaired) electrons. The van der Waals surface area contributed by atoms with Gasteiger partial charge in [-0.25, -0.2) is 4.79 Å². The molecule has 0 aliphatic carbocycles. The fourth-order valence-corrected chi connectivity index (χ4v) is 3.69. The van der Waals surface area contributed by atoms with Gasteiger partial charge in [0.05, 0.1) is 18.7 Å². The number of esters is 1. The first kappa shape index (κ1) is 17.4. The van der Waals surface area contributed by atoms with E-state index in [9.17, 15) is 9.59 Å². The van der Waals surface area contributed by atoms with Crippen LogP contribution < -0.4 is 9.47 Å². The summed E-state index contributed by atoms with van der Waals surface area (Å²) in [4.78, 5) is 26.7. The second-order valence-electron chi connectivity index (χ2n) is 6.63. The molecule has 0 saturated carbocycles. The molecule has 1 atom stereocenters. The predicted octanol–water partition coefficient (Wildman–Crippen LogP) is 3.22. The van der Waals surface area contributed by atoms with Gasteiger partial charge < -0.3 is 19.1 Å². The van der Waals surface area contributed by atoms with Crippen LogP contribution >= 0.6 is 0 Å². The number of nitrogens with zero attached hydrogens (tertiary/aromatic N) is 1.